The molecule has 0 saturated carbocycles. The van der Waals surface area contributed by atoms with Crippen molar-refractivity contribution in [3.8, 4) is 0 Å². The quantitative estimate of drug-likeness (QED) is 0.770. The summed E-state index contributed by atoms with van der Waals surface area (Å²) in [5.41, 5.74) is 12.5. The molecule has 0 bridgehead atoms. The predicted octanol–water partition coefficient (Wildman–Crippen LogP) is 1.70. The molecule has 2 aromatic rings. The number of carboxylic acids is 1. The second-order valence-electron chi connectivity index (χ2n) is 3.97. The lowest BCUT2D eigenvalue weighted by molar-refractivity contribution is -0.138. The molecular formula is C12H14N2O2S. The van der Waals surface area contributed by atoms with Crippen LogP contribution in [0.3, 0.4) is 0 Å². The topological polar surface area (TPSA) is 89.3 Å². The lowest BCUT2D eigenvalue weighted by atomic mass is 10.00. The maximum atomic E-state index is 10.7. The first kappa shape index (κ1) is 12.0. The third kappa shape index (κ3) is 2.46. The highest BCUT2D eigenvalue weighted by atomic mass is 32.1. The lowest BCUT2D eigenvalue weighted by Gasteiger charge is -2.13. The molecular weight excluding hydrogens is 236 g/mol. The molecule has 2 rings (SSSR count). The number of thiophene rings is 1. The van der Waals surface area contributed by atoms with Gasteiger partial charge < -0.3 is 16.6 Å². The van der Waals surface area contributed by atoms with E-state index in [4.69, 9.17) is 16.6 Å². The predicted molar refractivity (Wildman–Crippen MR) is 69.0 cm³/mol. The van der Waals surface area contributed by atoms with E-state index in [0.29, 0.717) is 0 Å². The molecule has 0 aliphatic heterocycles. The molecule has 0 aliphatic rings. The summed E-state index contributed by atoms with van der Waals surface area (Å²) in [7, 11) is 0. The highest BCUT2D eigenvalue weighted by molar-refractivity contribution is 7.17. The number of carbonyl (C=O) groups is 1. The SMILES string of the molecule is NC(CC(N)c1csc2ccccc12)C(=O)O. The molecule has 1 aromatic carbocycles. The van der Waals surface area contributed by atoms with Gasteiger partial charge in [-0.25, -0.2) is 0 Å². The number of benzene rings is 1. The summed E-state index contributed by atoms with van der Waals surface area (Å²) >= 11 is 1.61. The molecule has 1 aromatic heterocycles. The number of hydrogen-bond donors (Lipinski definition) is 3. The highest BCUT2D eigenvalue weighted by Gasteiger charge is 2.19. The van der Waals surface area contributed by atoms with Crippen LogP contribution >= 0.6 is 11.3 Å². The summed E-state index contributed by atoms with van der Waals surface area (Å²) < 4.78 is 1.15. The average molecular weight is 250 g/mol. The standard InChI is InChI=1S/C12H14N2O2S/c13-9(5-10(14)12(15)16)8-6-17-11-4-2-1-3-7(8)11/h1-4,6,9-10H,5,13-14H2,(H,15,16). The van der Waals surface area contributed by atoms with Crippen LogP contribution in [0.1, 0.15) is 18.0 Å². The summed E-state index contributed by atoms with van der Waals surface area (Å²) in [6.07, 6.45) is 0.246. The van der Waals surface area contributed by atoms with Gasteiger partial charge >= 0.3 is 5.97 Å². The van der Waals surface area contributed by atoms with Gasteiger partial charge in [0.1, 0.15) is 6.04 Å². The zero-order chi connectivity index (χ0) is 12.4. The zero-order valence-corrected chi connectivity index (χ0v) is 9.98. The number of rotatable bonds is 4. The van der Waals surface area contributed by atoms with Gasteiger partial charge in [-0.15, -0.1) is 11.3 Å². The number of fused-ring (bicyclic) bond motifs is 1. The fourth-order valence-electron chi connectivity index (χ4n) is 1.79. The Labute approximate surface area is 103 Å². The van der Waals surface area contributed by atoms with E-state index in [9.17, 15) is 4.79 Å². The highest BCUT2D eigenvalue weighted by Crippen LogP contribution is 2.30. The van der Waals surface area contributed by atoms with E-state index in [1.54, 1.807) is 11.3 Å². The van der Waals surface area contributed by atoms with E-state index in [0.717, 1.165) is 15.6 Å². The molecule has 2 unspecified atom stereocenters. The molecule has 1 heterocycles. The maximum absolute atomic E-state index is 10.7. The van der Waals surface area contributed by atoms with E-state index >= 15 is 0 Å². The van der Waals surface area contributed by atoms with Gasteiger partial charge in [0.05, 0.1) is 0 Å². The fraction of sp³-hybridized carbons (Fsp3) is 0.250. The summed E-state index contributed by atoms with van der Waals surface area (Å²) in [6.45, 7) is 0. The largest absolute Gasteiger partial charge is 0.480 e. The van der Waals surface area contributed by atoms with Crippen molar-refractivity contribution in [1.82, 2.24) is 0 Å². The molecule has 4 nitrogen and oxygen atoms in total. The van der Waals surface area contributed by atoms with Gasteiger partial charge in [0.15, 0.2) is 0 Å². The van der Waals surface area contributed by atoms with Gasteiger partial charge in [0, 0.05) is 10.7 Å². The summed E-state index contributed by atoms with van der Waals surface area (Å²) in [4.78, 5) is 10.7. The van der Waals surface area contributed by atoms with Crippen LogP contribution < -0.4 is 11.5 Å². The van der Waals surface area contributed by atoms with Crippen LogP contribution in [-0.2, 0) is 4.79 Å². The summed E-state index contributed by atoms with van der Waals surface area (Å²) in [5.74, 6) is -1.01. The molecule has 2 atom stereocenters. The molecule has 5 N–H and O–H groups in total. The van der Waals surface area contributed by atoms with Crippen LogP contribution in [0.25, 0.3) is 10.1 Å². The van der Waals surface area contributed by atoms with Crippen LogP contribution in [0.5, 0.6) is 0 Å². The maximum Gasteiger partial charge on any atom is 0.320 e. The lowest BCUT2D eigenvalue weighted by Crippen LogP contribution is -2.33. The van der Waals surface area contributed by atoms with Crippen LogP contribution in [0, 0.1) is 0 Å². The van der Waals surface area contributed by atoms with Gasteiger partial charge in [0.2, 0.25) is 0 Å². The first-order chi connectivity index (χ1) is 8.09. The van der Waals surface area contributed by atoms with Gasteiger partial charge in [-0.05, 0) is 28.8 Å². The van der Waals surface area contributed by atoms with Gasteiger partial charge in [-0.2, -0.15) is 0 Å². The number of aliphatic carboxylic acids is 1. The zero-order valence-electron chi connectivity index (χ0n) is 9.17. The summed E-state index contributed by atoms with van der Waals surface area (Å²) in [5, 5.41) is 11.8. The van der Waals surface area contributed by atoms with Crippen molar-refractivity contribution in [1.29, 1.82) is 0 Å². The first-order valence-electron chi connectivity index (χ1n) is 5.29. The Morgan fingerprint density at radius 3 is 2.76 bits per heavy atom. The second-order valence-corrected chi connectivity index (χ2v) is 4.89. The van der Waals surface area contributed by atoms with Crippen molar-refractivity contribution < 1.29 is 9.90 Å². The van der Waals surface area contributed by atoms with Gasteiger partial charge in [-0.3, -0.25) is 4.79 Å². The van der Waals surface area contributed by atoms with Crippen molar-refractivity contribution in [2.75, 3.05) is 0 Å². The third-order valence-corrected chi connectivity index (χ3v) is 3.72. The molecule has 0 radical (unpaired) electrons. The van der Waals surface area contributed by atoms with Crippen LogP contribution in [0.15, 0.2) is 29.6 Å². The van der Waals surface area contributed by atoms with E-state index in [2.05, 4.69) is 0 Å². The van der Waals surface area contributed by atoms with E-state index in [-0.39, 0.29) is 12.5 Å². The summed E-state index contributed by atoms with van der Waals surface area (Å²) in [6, 6.07) is 6.68. The van der Waals surface area contributed by atoms with Crippen molar-refractivity contribution in [3.63, 3.8) is 0 Å². The normalized spacial score (nSPS) is 14.7. The van der Waals surface area contributed by atoms with Crippen molar-refractivity contribution in [3.05, 3.63) is 35.2 Å². The Morgan fingerprint density at radius 2 is 2.06 bits per heavy atom. The Hall–Kier alpha value is -1.43. The second kappa shape index (κ2) is 4.83. The number of nitrogens with two attached hydrogens (primary N) is 2. The molecule has 0 spiro atoms. The molecule has 5 heteroatoms. The van der Waals surface area contributed by atoms with E-state index in [1.165, 1.54) is 0 Å². The van der Waals surface area contributed by atoms with Crippen molar-refractivity contribution >= 4 is 27.4 Å². The van der Waals surface area contributed by atoms with Gasteiger partial charge in [0.25, 0.3) is 0 Å². The van der Waals surface area contributed by atoms with Crippen molar-refractivity contribution in [2.24, 2.45) is 11.5 Å². The molecule has 0 amide bonds. The van der Waals surface area contributed by atoms with E-state index < -0.39 is 12.0 Å². The van der Waals surface area contributed by atoms with Crippen molar-refractivity contribution in [2.45, 2.75) is 18.5 Å². The Kier molecular flexibility index (Phi) is 3.42. The Balaban J connectivity index is 2.25. The monoisotopic (exact) mass is 250 g/mol. The molecule has 0 fully saturated rings. The van der Waals surface area contributed by atoms with Crippen LogP contribution in [0.4, 0.5) is 0 Å². The van der Waals surface area contributed by atoms with E-state index in [1.807, 2.05) is 29.6 Å². The Bertz CT molecular complexity index is 538. The Morgan fingerprint density at radius 1 is 1.35 bits per heavy atom. The fourth-order valence-corrected chi connectivity index (χ4v) is 2.81. The molecule has 17 heavy (non-hydrogen) atoms. The molecule has 0 saturated heterocycles. The smallest absolute Gasteiger partial charge is 0.320 e. The first-order valence-corrected chi connectivity index (χ1v) is 6.17. The number of carboxylic acid groups (broad SMARTS) is 1. The number of hydrogen-bond acceptors (Lipinski definition) is 4. The molecule has 90 valence electrons. The molecule has 0 aliphatic carbocycles. The van der Waals surface area contributed by atoms with Crippen LogP contribution in [-0.4, -0.2) is 17.1 Å². The minimum absolute atomic E-state index is 0.246. The third-order valence-electron chi connectivity index (χ3n) is 2.74. The average Bonchev–Trinajstić information content (AvgIpc) is 2.72. The minimum Gasteiger partial charge on any atom is -0.480 e. The van der Waals surface area contributed by atoms with Gasteiger partial charge in [-0.1, -0.05) is 18.2 Å². The van der Waals surface area contributed by atoms with Crippen LogP contribution in [0.2, 0.25) is 0 Å². The minimum atomic E-state index is -1.01.